The number of carbonyl (C=O) groups excluding carboxylic acids is 3. The normalized spacial score (nSPS) is 12.7. The average molecular weight is 905 g/mol. The minimum atomic E-state index is -0.796. The van der Waals surface area contributed by atoms with E-state index in [1.54, 1.807) is 0 Å². The number of rotatable bonds is 48. The lowest BCUT2D eigenvalue weighted by Crippen LogP contribution is -2.30. The molecule has 0 amide bonds. The number of ether oxygens (including phenoxy) is 3. The van der Waals surface area contributed by atoms with Crippen LogP contribution in [0, 0.1) is 0 Å². The third-order valence-electron chi connectivity index (χ3n) is 11.5. The zero-order valence-corrected chi connectivity index (χ0v) is 42.5. The van der Waals surface area contributed by atoms with Gasteiger partial charge < -0.3 is 14.2 Å². The van der Waals surface area contributed by atoms with Crippen molar-refractivity contribution >= 4 is 17.9 Å². The molecule has 0 N–H and O–H groups in total. The van der Waals surface area contributed by atoms with Gasteiger partial charge in [-0.1, -0.05) is 228 Å². The van der Waals surface area contributed by atoms with Gasteiger partial charge in [0.1, 0.15) is 13.2 Å². The quantitative estimate of drug-likeness (QED) is 0.0199. The van der Waals surface area contributed by atoms with Gasteiger partial charge in [-0.15, -0.1) is 0 Å². The summed E-state index contributed by atoms with van der Waals surface area (Å²) in [6.45, 7) is 6.42. The van der Waals surface area contributed by atoms with Gasteiger partial charge in [0.2, 0.25) is 0 Å². The predicted octanol–water partition coefficient (Wildman–Crippen LogP) is 18.0. The Hall–Kier alpha value is -3.41. The molecule has 65 heavy (non-hydrogen) atoms. The van der Waals surface area contributed by atoms with Crippen molar-refractivity contribution in [1.29, 1.82) is 0 Å². The van der Waals surface area contributed by atoms with E-state index in [4.69, 9.17) is 14.2 Å². The van der Waals surface area contributed by atoms with Crippen molar-refractivity contribution < 1.29 is 28.6 Å². The van der Waals surface area contributed by atoms with Gasteiger partial charge in [0.15, 0.2) is 6.10 Å². The van der Waals surface area contributed by atoms with E-state index in [0.29, 0.717) is 19.3 Å². The van der Waals surface area contributed by atoms with Crippen LogP contribution in [0.5, 0.6) is 0 Å². The fourth-order valence-corrected chi connectivity index (χ4v) is 7.38. The summed E-state index contributed by atoms with van der Waals surface area (Å²) in [7, 11) is 0. The van der Waals surface area contributed by atoms with Crippen LogP contribution in [-0.4, -0.2) is 37.2 Å². The minimum Gasteiger partial charge on any atom is -0.462 e. The van der Waals surface area contributed by atoms with Crippen LogP contribution in [0.15, 0.2) is 85.1 Å². The highest BCUT2D eigenvalue weighted by molar-refractivity contribution is 5.71. The molecule has 0 aliphatic heterocycles. The second-order valence-electron chi connectivity index (χ2n) is 17.9. The lowest BCUT2D eigenvalue weighted by Gasteiger charge is -2.18. The molecule has 0 aromatic heterocycles. The lowest BCUT2D eigenvalue weighted by molar-refractivity contribution is -0.167. The van der Waals surface area contributed by atoms with Crippen LogP contribution in [0.2, 0.25) is 0 Å². The first-order valence-electron chi connectivity index (χ1n) is 27.2. The number of hydrogen-bond acceptors (Lipinski definition) is 6. The third kappa shape index (κ3) is 51.4. The summed E-state index contributed by atoms with van der Waals surface area (Å²) < 4.78 is 16.8. The van der Waals surface area contributed by atoms with Gasteiger partial charge in [0, 0.05) is 19.3 Å². The van der Waals surface area contributed by atoms with Gasteiger partial charge in [-0.2, -0.15) is 0 Å². The van der Waals surface area contributed by atoms with E-state index in [0.717, 1.165) is 70.6 Å². The molecule has 0 aliphatic carbocycles. The van der Waals surface area contributed by atoms with Crippen molar-refractivity contribution in [1.82, 2.24) is 0 Å². The van der Waals surface area contributed by atoms with E-state index in [9.17, 15) is 14.4 Å². The van der Waals surface area contributed by atoms with Gasteiger partial charge in [-0.25, -0.2) is 0 Å². The first-order valence-corrected chi connectivity index (χ1v) is 27.2. The molecule has 0 spiro atoms. The fraction of sp³-hybridized carbons (Fsp3) is 0.712. The zero-order chi connectivity index (χ0) is 47.2. The Morgan fingerprint density at radius 2 is 0.615 bits per heavy atom. The van der Waals surface area contributed by atoms with Gasteiger partial charge in [-0.05, 0) is 89.9 Å². The molecule has 0 bridgehead atoms. The maximum atomic E-state index is 12.8. The molecule has 0 aromatic carbocycles. The molecule has 0 aromatic rings. The summed E-state index contributed by atoms with van der Waals surface area (Å²) in [6, 6.07) is 0. The van der Waals surface area contributed by atoms with Crippen molar-refractivity contribution in [3.63, 3.8) is 0 Å². The van der Waals surface area contributed by atoms with Gasteiger partial charge in [0.25, 0.3) is 0 Å². The summed E-state index contributed by atoms with van der Waals surface area (Å²) in [5, 5.41) is 0. The number of unbranched alkanes of at least 4 members (excludes halogenated alkanes) is 27. The molecular weight excluding hydrogens is 805 g/mol. The highest BCUT2D eigenvalue weighted by atomic mass is 16.6. The summed E-state index contributed by atoms with van der Waals surface area (Å²) in [4.78, 5) is 38.0. The Kier molecular flexibility index (Phi) is 50.4. The van der Waals surface area contributed by atoms with Crippen LogP contribution < -0.4 is 0 Å². The van der Waals surface area contributed by atoms with E-state index in [1.807, 2.05) is 30.4 Å². The average Bonchev–Trinajstić information content (AvgIpc) is 3.30. The smallest absolute Gasteiger partial charge is 0.306 e. The Bertz CT molecular complexity index is 1270. The number of carbonyl (C=O) groups is 3. The van der Waals surface area contributed by atoms with E-state index < -0.39 is 6.10 Å². The largest absolute Gasteiger partial charge is 0.462 e. The predicted molar refractivity (Wildman–Crippen MR) is 279 cm³/mol. The topological polar surface area (TPSA) is 78.9 Å². The van der Waals surface area contributed by atoms with Crippen molar-refractivity contribution in [3.8, 4) is 0 Å². The van der Waals surface area contributed by atoms with Crippen LogP contribution in [0.1, 0.15) is 252 Å². The van der Waals surface area contributed by atoms with Gasteiger partial charge in [-0.3, -0.25) is 14.4 Å². The maximum absolute atomic E-state index is 12.8. The standard InChI is InChI=1S/C59H100O6/c1-4-7-10-13-16-19-22-25-27-28-29-30-32-34-37-40-43-46-49-52-58(61)64-55-56(54-63-57(60)51-48-45-42-39-36-33-24-21-18-15-12-9-6-3)65-59(62)53-50-47-44-41-38-35-31-26-23-20-17-14-11-8-5-2/h9,12,15-16,18-25,33,36,56H,4-8,10-11,13-14,17,26-32,34-35,37-55H2,1-3H3/b12-9+,18-15+,19-16+,23-20+,24-21+,25-22+,36-33+. The molecule has 0 fully saturated rings. The van der Waals surface area contributed by atoms with E-state index >= 15 is 0 Å². The molecule has 6 nitrogen and oxygen atoms in total. The number of allylic oxidation sites excluding steroid dienone is 14. The molecule has 0 saturated heterocycles. The Balaban J connectivity index is 4.41. The van der Waals surface area contributed by atoms with E-state index in [2.05, 4.69) is 75.5 Å². The molecule has 1 atom stereocenters. The molecular formula is C59H100O6. The molecule has 0 heterocycles. The van der Waals surface area contributed by atoms with E-state index in [1.165, 1.54) is 141 Å². The molecule has 0 rings (SSSR count). The molecule has 0 radical (unpaired) electrons. The highest BCUT2D eigenvalue weighted by Crippen LogP contribution is 2.15. The Labute approximate surface area is 401 Å². The molecule has 372 valence electrons. The first kappa shape index (κ1) is 61.6. The molecule has 0 aliphatic rings. The minimum absolute atomic E-state index is 0.0929. The van der Waals surface area contributed by atoms with Crippen molar-refractivity contribution in [3.05, 3.63) is 85.1 Å². The SMILES string of the molecule is CC/C=C/C=C/C=C/C=C/CCCCCC(=O)OCC(COC(=O)CCCCCCCCCCCC/C=C/C=C/CCCCC)OC(=O)CCCCCCCCC/C=C/CCCCCC. The van der Waals surface area contributed by atoms with Gasteiger partial charge in [0.05, 0.1) is 0 Å². The number of esters is 3. The zero-order valence-electron chi connectivity index (χ0n) is 42.5. The first-order chi connectivity index (χ1) is 32.0. The third-order valence-corrected chi connectivity index (χ3v) is 11.5. The van der Waals surface area contributed by atoms with Crippen LogP contribution in [0.25, 0.3) is 0 Å². The second-order valence-corrected chi connectivity index (χ2v) is 17.9. The monoisotopic (exact) mass is 905 g/mol. The van der Waals surface area contributed by atoms with Crippen molar-refractivity contribution in [2.24, 2.45) is 0 Å². The van der Waals surface area contributed by atoms with Crippen molar-refractivity contribution in [2.75, 3.05) is 13.2 Å². The van der Waals surface area contributed by atoms with Gasteiger partial charge >= 0.3 is 17.9 Å². The van der Waals surface area contributed by atoms with Crippen LogP contribution in [0.4, 0.5) is 0 Å². The summed E-state index contributed by atoms with van der Waals surface area (Å²) in [5.41, 5.74) is 0. The van der Waals surface area contributed by atoms with E-state index in [-0.39, 0.29) is 31.1 Å². The van der Waals surface area contributed by atoms with Crippen molar-refractivity contribution in [2.45, 2.75) is 258 Å². The van der Waals surface area contributed by atoms with Crippen LogP contribution >= 0.6 is 0 Å². The summed E-state index contributed by atoms with van der Waals surface area (Å²) >= 11 is 0. The van der Waals surface area contributed by atoms with Crippen LogP contribution in [-0.2, 0) is 28.6 Å². The molecule has 0 saturated carbocycles. The number of hydrogen-bond donors (Lipinski definition) is 0. The fourth-order valence-electron chi connectivity index (χ4n) is 7.38. The lowest BCUT2D eigenvalue weighted by atomic mass is 10.1. The van der Waals surface area contributed by atoms with Crippen LogP contribution in [0.3, 0.4) is 0 Å². The Morgan fingerprint density at radius 1 is 0.323 bits per heavy atom. The summed E-state index contributed by atoms with van der Waals surface area (Å²) in [5.74, 6) is -0.939. The maximum Gasteiger partial charge on any atom is 0.306 e. The molecule has 6 heteroatoms. The Morgan fingerprint density at radius 3 is 1.05 bits per heavy atom. The second kappa shape index (κ2) is 53.2. The summed E-state index contributed by atoms with van der Waals surface area (Å²) in [6.07, 6.45) is 68.5. The molecule has 1 unspecified atom stereocenters. The highest BCUT2D eigenvalue weighted by Gasteiger charge is 2.19.